The van der Waals surface area contributed by atoms with Crippen molar-refractivity contribution in [3.05, 3.63) is 59.5 Å². The zero-order chi connectivity index (χ0) is 14.4. The number of rotatable bonds is 6. The molecule has 3 heteroatoms. The highest BCUT2D eigenvalue weighted by atomic mass is 16.3. The van der Waals surface area contributed by atoms with E-state index in [1.165, 1.54) is 5.56 Å². The van der Waals surface area contributed by atoms with Crippen molar-refractivity contribution in [3.8, 4) is 0 Å². The van der Waals surface area contributed by atoms with E-state index in [1.54, 1.807) is 6.26 Å². The molecule has 3 nitrogen and oxygen atoms in total. The van der Waals surface area contributed by atoms with Crippen molar-refractivity contribution in [2.75, 3.05) is 0 Å². The van der Waals surface area contributed by atoms with E-state index in [4.69, 9.17) is 4.42 Å². The molecule has 0 saturated heterocycles. The fourth-order valence-corrected chi connectivity index (χ4v) is 2.11. The van der Waals surface area contributed by atoms with Crippen molar-refractivity contribution in [1.82, 2.24) is 5.32 Å². The quantitative estimate of drug-likeness (QED) is 0.875. The van der Waals surface area contributed by atoms with Crippen LogP contribution in [0, 0.1) is 5.92 Å². The summed E-state index contributed by atoms with van der Waals surface area (Å²) in [6.07, 6.45) is 3.09. The first-order valence-corrected chi connectivity index (χ1v) is 7.00. The normalized spacial score (nSPS) is 10.8. The van der Waals surface area contributed by atoms with Crippen LogP contribution in [0.4, 0.5) is 0 Å². The van der Waals surface area contributed by atoms with Crippen molar-refractivity contribution in [3.63, 3.8) is 0 Å². The van der Waals surface area contributed by atoms with E-state index >= 15 is 0 Å². The van der Waals surface area contributed by atoms with Gasteiger partial charge in [0.15, 0.2) is 0 Å². The van der Waals surface area contributed by atoms with Gasteiger partial charge in [0.2, 0.25) is 5.91 Å². The second kappa shape index (κ2) is 6.94. The molecule has 20 heavy (non-hydrogen) atoms. The Labute approximate surface area is 120 Å². The monoisotopic (exact) mass is 271 g/mol. The van der Waals surface area contributed by atoms with Crippen LogP contribution in [-0.2, 0) is 24.2 Å². The van der Waals surface area contributed by atoms with Gasteiger partial charge in [-0.3, -0.25) is 4.79 Å². The van der Waals surface area contributed by atoms with Gasteiger partial charge < -0.3 is 9.73 Å². The number of hydrogen-bond acceptors (Lipinski definition) is 2. The summed E-state index contributed by atoms with van der Waals surface area (Å²) < 4.78 is 5.17. The summed E-state index contributed by atoms with van der Waals surface area (Å²) in [5.41, 5.74) is 2.36. The van der Waals surface area contributed by atoms with Crippen LogP contribution >= 0.6 is 0 Å². The third-order valence-electron chi connectivity index (χ3n) is 3.07. The maximum absolute atomic E-state index is 11.8. The molecular weight excluding hydrogens is 250 g/mol. The molecular formula is C17H21NO2. The molecule has 0 aliphatic heterocycles. The Morgan fingerprint density at radius 1 is 1.15 bits per heavy atom. The molecule has 106 valence electrons. The smallest absolute Gasteiger partial charge is 0.224 e. The van der Waals surface area contributed by atoms with Gasteiger partial charge in [0.05, 0.1) is 19.2 Å². The number of amides is 1. The van der Waals surface area contributed by atoms with Crippen LogP contribution in [0.2, 0.25) is 0 Å². The van der Waals surface area contributed by atoms with Gasteiger partial charge in [-0.15, -0.1) is 0 Å². The molecule has 0 unspecified atom stereocenters. The molecule has 0 aliphatic carbocycles. The fraction of sp³-hybridized carbons (Fsp3) is 0.353. The fourth-order valence-electron chi connectivity index (χ4n) is 2.11. The van der Waals surface area contributed by atoms with Crippen LogP contribution < -0.4 is 5.32 Å². The van der Waals surface area contributed by atoms with E-state index in [0.717, 1.165) is 17.7 Å². The maximum atomic E-state index is 11.8. The van der Waals surface area contributed by atoms with Crippen LogP contribution in [0.1, 0.15) is 30.7 Å². The molecule has 0 saturated carbocycles. The summed E-state index contributed by atoms with van der Waals surface area (Å²) in [7, 11) is 0. The lowest BCUT2D eigenvalue weighted by molar-refractivity contribution is -0.120. The first-order chi connectivity index (χ1) is 9.63. The van der Waals surface area contributed by atoms with Gasteiger partial charge in [0, 0.05) is 0 Å². The molecule has 0 atom stereocenters. The van der Waals surface area contributed by atoms with Crippen molar-refractivity contribution < 1.29 is 9.21 Å². The summed E-state index contributed by atoms with van der Waals surface area (Å²) in [4.78, 5) is 11.8. The minimum atomic E-state index is 0.0120. The van der Waals surface area contributed by atoms with Gasteiger partial charge in [0.25, 0.3) is 0 Å². The van der Waals surface area contributed by atoms with Gasteiger partial charge in [0.1, 0.15) is 5.76 Å². The highest BCUT2D eigenvalue weighted by molar-refractivity contribution is 5.78. The van der Waals surface area contributed by atoms with Crippen LogP contribution in [0.3, 0.4) is 0 Å². The van der Waals surface area contributed by atoms with Gasteiger partial charge >= 0.3 is 0 Å². The predicted octanol–water partition coefficient (Wildman–Crippen LogP) is 3.34. The van der Waals surface area contributed by atoms with Crippen LogP contribution in [-0.4, -0.2) is 5.91 Å². The highest BCUT2D eigenvalue weighted by Crippen LogP contribution is 2.10. The molecule has 0 fully saturated rings. The Hall–Kier alpha value is -2.03. The van der Waals surface area contributed by atoms with Gasteiger partial charge in [-0.25, -0.2) is 0 Å². The molecule has 2 aromatic rings. The largest absolute Gasteiger partial charge is 0.467 e. The van der Waals surface area contributed by atoms with E-state index in [1.807, 2.05) is 24.3 Å². The van der Waals surface area contributed by atoms with Crippen molar-refractivity contribution >= 4 is 5.91 Å². The number of hydrogen-bond donors (Lipinski definition) is 1. The highest BCUT2D eigenvalue weighted by Gasteiger charge is 2.05. The third kappa shape index (κ3) is 4.57. The van der Waals surface area contributed by atoms with Crippen LogP contribution in [0.25, 0.3) is 0 Å². The van der Waals surface area contributed by atoms with Gasteiger partial charge in [-0.2, -0.15) is 0 Å². The number of carbonyl (C=O) groups is 1. The summed E-state index contributed by atoms with van der Waals surface area (Å²) in [5, 5.41) is 2.85. The zero-order valence-electron chi connectivity index (χ0n) is 12.1. The first-order valence-electron chi connectivity index (χ1n) is 7.00. The van der Waals surface area contributed by atoms with Crippen molar-refractivity contribution in [2.24, 2.45) is 5.92 Å². The van der Waals surface area contributed by atoms with Crippen LogP contribution in [0.5, 0.6) is 0 Å². The SMILES string of the molecule is CC(C)Cc1ccc(CC(=O)NCc2ccco2)cc1. The summed E-state index contributed by atoms with van der Waals surface area (Å²) in [5.74, 6) is 1.43. The molecule has 1 aromatic carbocycles. The Bertz CT molecular complexity index is 527. The molecule has 1 N–H and O–H groups in total. The predicted molar refractivity (Wildman–Crippen MR) is 79.2 cm³/mol. The first kappa shape index (κ1) is 14.4. The molecule has 0 aliphatic rings. The van der Waals surface area contributed by atoms with E-state index in [0.29, 0.717) is 18.9 Å². The van der Waals surface area contributed by atoms with E-state index in [2.05, 4.69) is 31.3 Å². The third-order valence-corrected chi connectivity index (χ3v) is 3.07. The number of carbonyl (C=O) groups excluding carboxylic acids is 1. The Morgan fingerprint density at radius 3 is 2.45 bits per heavy atom. The molecule has 2 rings (SSSR count). The van der Waals surface area contributed by atoms with Crippen molar-refractivity contribution in [1.29, 1.82) is 0 Å². The lowest BCUT2D eigenvalue weighted by atomic mass is 10.0. The lowest BCUT2D eigenvalue weighted by Gasteiger charge is -2.07. The minimum absolute atomic E-state index is 0.0120. The van der Waals surface area contributed by atoms with E-state index in [9.17, 15) is 4.79 Å². The Kier molecular flexibility index (Phi) is 4.99. The Balaban J connectivity index is 1.81. The standard InChI is InChI=1S/C17H21NO2/c1-13(2)10-14-5-7-15(8-6-14)11-17(19)18-12-16-4-3-9-20-16/h3-9,13H,10-12H2,1-2H3,(H,18,19). The van der Waals surface area contributed by atoms with E-state index in [-0.39, 0.29) is 5.91 Å². The lowest BCUT2D eigenvalue weighted by Crippen LogP contribution is -2.24. The number of furan rings is 1. The number of benzene rings is 1. The average Bonchev–Trinajstić information content (AvgIpc) is 2.91. The molecule has 1 amide bonds. The second-order valence-corrected chi connectivity index (χ2v) is 5.45. The molecule has 0 bridgehead atoms. The summed E-state index contributed by atoms with van der Waals surface area (Å²) >= 11 is 0. The second-order valence-electron chi connectivity index (χ2n) is 5.45. The maximum Gasteiger partial charge on any atom is 0.224 e. The Morgan fingerprint density at radius 2 is 1.85 bits per heavy atom. The van der Waals surface area contributed by atoms with Crippen LogP contribution in [0.15, 0.2) is 47.1 Å². The summed E-state index contributed by atoms with van der Waals surface area (Å²) in [6, 6.07) is 11.9. The topological polar surface area (TPSA) is 42.2 Å². The summed E-state index contributed by atoms with van der Waals surface area (Å²) in [6.45, 7) is 4.85. The zero-order valence-corrected chi connectivity index (χ0v) is 12.1. The van der Waals surface area contributed by atoms with Gasteiger partial charge in [-0.05, 0) is 35.6 Å². The van der Waals surface area contributed by atoms with Gasteiger partial charge in [-0.1, -0.05) is 38.1 Å². The molecule has 1 aromatic heterocycles. The molecule has 0 spiro atoms. The molecule has 1 heterocycles. The average molecular weight is 271 g/mol. The number of nitrogens with one attached hydrogen (secondary N) is 1. The minimum Gasteiger partial charge on any atom is -0.467 e. The van der Waals surface area contributed by atoms with Crippen molar-refractivity contribution in [2.45, 2.75) is 33.2 Å². The molecule has 0 radical (unpaired) electrons. The van der Waals surface area contributed by atoms with E-state index < -0.39 is 0 Å².